The molecule has 0 amide bonds. The molecule has 2 heterocycles. The van der Waals surface area contributed by atoms with Gasteiger partial charge < -0.3 is 13.9 Å². The highest BCUT2D eigenvalue weighted by Gasteiger charge is 2.18. The maximum absolute atomic E-state index is 6.32. The highest BCUT2D eigenvalue weighted by molar-refractivity contribution is 6.09. The molecule has 13 rings (SSSR count). The molecule has 11 aromatic carbocycles. The van der Waals surface area contributed by atoms with Crippen molar-refractivity contribution < 1.29 is 4.42 Å². The van der Waals surface area contributed by atoms with E-state index in [-0.39, 0.29) is 0 Å². The summed E-state index contributed by atoms with van der Waals surface area (Å²) in [7, 11) is 0. The Balaban J connectivity index is 0.874. The lowest BCUT2D eigenvalue weighted by Gasteiger charge is -2.26. The number of hydrogen-bond donors (Lipinski definition) is 0. The van der Waals surface area contributed by atoms with Crippen molar-refractivity contribution in [3.8, 4) is 61.3 Å². The van der Waals surface area contributed by atoms with Crippen LogP contribution in [0.15, 0.2) is 271 Å². The number of hydrogen-bond acceptors (Lipinski definition) is 2. The Bertz CT molecular complexity index is 3940. The minimum atomic E-state index is 0.894. The van der Waals surface area contributed by atoms with Gasteiger partial charge in [0.2, 0.25) is 0 Å². The van der Waals surface area contributed by atoms with Gasteiger partial charge in [0.05, 0.1) is 11.0 Å². The first-order valence-electron chi connectivity index (χ1n) is 23.6. The number of anilines is 3. The fourth-order valence-corrected chi connectivity index (χ4v) is 10.3. The first-order valence-corrected chi connectivity index (χ1v) is 23.6. The van der Waals surface area contributed by atoms with Crippen molar-refractivity contribution in [1.29, 1.82) is 0 Å². The lowest BCUT2D eigenvalue weighted by atomic mass is 9.94. The summed E-state index contributed by atoms with van der Waals surface area (Å²) in [4.78, 5) is 2.37. The van der Waals surface area contributed by atoms with E-state index in [4.69, 9.17) is 4.42 Å². The van der Waals surface area contributed by atoms with E-state index in [1.54, 1.807) is 0 Å². The van der Waals surface area contributed by atoms with Gasteiger partial charge in [-0.2, -0.15) is 0 Å². The minimum absolute atomic E-state index is 0.894. The summed E-state index contributed by atoms with van der Waals surface area (Å²) in [5.41, 5.74) is 20.2. The summed E-state index contributed by atoms with van der Waals surface area (Å²) in [5, 5.41) is 4.78. The van der Waals surface area contributed by atoms with Crippen LogP contribution < -0.4 is 4.90 Å². The van der Waals surface area contributed by atoms with E-state index in [9.17, 15) is 0 Å². The second-order valence-corrected chi connectivity index (χ2v) is 17.7. The largest absolute Gasteiger partial charge is 0.456 e. The zero-order valence-corrected chi connectivity index (χ0v) is 37.7. The Morgan fingerprint density at radius 3 is 1.41 bits per heavy atom. The van der Waals surface area contributed by atoms with Gasteiger partial charge >= 0.3 is 0 Å². The van der Waals surface area contributed by atoms with Crippen molar-refractivity contribution in [2.45, 2.75) is 0 Å². The molecule has 0 fully saturated rings. The van der Waals surface area contributed by atoms with Gasteiger partial charge in [-0.1, -0.05) is 188 Å². The highest BCUT2D eigenvalue weighted by Crippen LogP contribution is 2.42. The fourth-order valence-electron chi connectivity index (χ4n) is 10.3. The molecule has 0 saturated heterocycles. The quantitative estimate of drug-likeness (QED) is 0.144. The SMILES string of the molecule is c1ccc(-c2ccc(-c3cccc(N(c4ccc(-c5cccc(-n6c7ccccc7c7ccccc76)c5)cc4)c4ccc(-c5ccccc5-c5ccc6c(c5)oc5ccccc56)cc4)c3)cc2)cc1. The number of benzene rings is 11. The van der Waals surface area contributed by atoms with Crippen LogP contribution in [-0.2, 0) is 0 Å². The van der Waals surface area contributed by atoms with Crippen LogP contribution in [-0.4, -0.2) is 4.57 Å². The zero-order chi connectivity index (χ0) is 45.7. The summed E-state index contributed by atoms with van der Waals surface area (Å²) in [6.07, 6.45) is 0. The van der Waals surface area contributed by atoms with Crippen LogP contribution in [0.3, 0.4) is 0 Å². The highest BCUT2D eigenvalue weighted by atomic mass is 16.3. The standard InChI is InChI=1S/C66H44N2O/c1-2-14-45(15-3-1)46-28-30-47(31-29-46)50-16-12-18-55(42-50)67(53-37-32-48(33-38-53)51-17-13-19-56(43-51)68-63-25-9-6-22-59(63)60-23-7-10-26-64(60)68)54-39-34-49(35-40-54)57-20-4-5-21-58(57)52-36-41-62-61-24-8-11-27-65(61)69-66(62)44-52/h1-44H. The topological polar surface area (TPSA) is 21.3 Å². The average Bonchev–Trinajstić information content (AvgIpc) is 3.97. The van der Waals surface area contributed by atoms with E-state index in [0.29, 0.717) is 0 Å². The smallest absolute Gasteiger partial charge is 0.136 e. The van der Waals surface area contributed by atoms with Gasteiger partial charge in [0.1, 0.15) is 11.2 Å². The van der Waals surface area contributed by atoms with Crippen LogP contribution in [0, 0.1) is 0 Å². The van der Waals surface area contributed by atoms with E-state index < -0.39 is 0 Å². The van der Waals surface area contributed by atoms with Gasteiger partial charge in [0.25, 0.3) is 0 Å². The molecule has 0 aliphatic rings. The normalized spacial score (nSPS) is 11.5. The summed E-state index contributed by atoms with van der Waals surface area (Å²) in [6.45, 7) is 0. The third-order valence-electron chi connectivity index (χ3n) is 13.6. The molecule has 69 heavy (non-hydrogen) atoms. The number of fused-ring (bicyclic) bond motifs is 6. The Kier molecular flexibility index (Phi) is 9.84. The van der Waals surface area contributed by atoms with Crippen LogP contribution in [0.5, 0.6) is 0 Å². The van der Waals surface area contributed by atoms with Crippen LogP contribution in [0.2, 0.25) is 0 Å². The number of aromatic nitrogens is 1. The van der Waals surface area contributed by atoms with Crippen molar-refractivity contribution in [1.82, 2.24) is 4.57 Å². The van der Waals surface area contributed by atoms with Gasteiger partial charge in [0.15, 0.2) is 0 Å². The lowest BCUT2D eigenvalue weighted by molar-refractivity contribution is 0.669. The molecule has 13 aromatic rings. The maximum atomic E-state index is 6.32. The molecule has 0 spiro atoms. The fraction of sp³-hybridized carbons (Fsp3) is 0. The molecule has 2 aromatic heterocycles. The molecule has 0 saturated carbocycles. The van der Waals surface area contributed by atoms with Gasteiger partial charge in [-0.15, -0.1) is 0 Å². The molecular formula is C66H44N2O. The zero-order valence-electron chi connectivity index (χ0n) is 37.7. The molecule has 0 bridgehead atoms. The molecular weight excluding hydrogens is 837 g/mol. The third kappa shape index (κ3) is 7.25. The molecule has 0 N–H and O–H groups in total. The molecule has 0 aliphatic heterocycles. The molecule has 0 aliphatic carbocycles. The Morgan fingerprint density at radius 1 is 0.261 bits per heavy atom. The third-order valence-corrected chi connectivity index (χ3v) is 13.6. The van der Waals surface area contributed by atoms with Gasteiger partial charge in [-0.3, -0.25) is 0 Å². The van der Waals surface area contributed by atoms with Crippen molar-refractivity contribution in [2.75, 3.05) is 4.90 Å². The Morgan fingerprint density at radius 2 is 0.725 bits per heavy atom. The van der Waals surface area contributed by atoms with Crippen molar-refractivity contribution in [3.05, 3.63) is 267 Å². The predicted octanol–water partition coefficient (Wildman–Crippen LogP) is 18.5. The molecule has 0 radical (unpaired) electrons. The second-order valence-electron chi connectivity index (χ2n) is 17.7. The van der Waals surface area contributed by atoms with Crippen LogP contribution in [0.4, 0.5) is 17.1 Å². The van der Waals surface area contributed by atoms with Crippen molar-refractivity contribution in [2.24, 2.45) is 0 Å². The Labute approximate surface area is 401 Å². The molecule has 0 atom stereocenters. The van der Waals surface area contributed by atoms with Crippen molar-refractivity contribution >= 4 is 60.8 Å². The molecule has 3 nitrogen and oxygen atoms in total. The molecule has 0 unspecified atom stereocenters. The number of nitrogens with zero attached hydrogens (tertiary/aromatic N) is 2. The number of para-hydroxylation sites is 3. The summed E-state index contributed by atoms with van der Waals surface area (Å²) >= 11 is 0. The molecule has 3 heteroatoms. The van der Waals surface area contributed by atoms with Crippen LogP contribution in [0.25, 0.3) is 105 Å². The van der Waals surface area contributed by atoms with E-state index in [0.717, 1.165) is 78.1 Å². The van der Waals surface area contributed by atoms with Crippen LogP contribution in [0.1, 0.15) is 0 Å². The molecule has 324 valence electrons. The number of furan rings is 1. The van der Waals surface area contributed by atoms with Crippen LogP contribution >= 0.6 is 0 Å². The summed E-state index contributed by atoms with van der Waals surface area (Å²) < 4.78 is 8.70. The predicted molar refractivity (Wildman–Crippen MR) is 290 cm³/mol. The van der Waals surface area contributed by atoms with E-state index in [2.05, 4.69) is 264 Å². The average molecular weight is 881 g/mol. The minimum Gasteiger partial charge on any atom is -0.456 e. The van der Waals surface area contributed by atoms with Gasteiger partial charge in [-0.25, -0.2) is 0 Å². The first-order chi connectivity index (χ1) is 34.2. The summed E-state index contributed by atoms with van der Waals surface area (Å²) in [5.74, 6) is 0. The van der Waals surface area contributed by atoms with Gasteiger partial charge in [-0.05, 0) is 134 Å². The maximum Gasteiger partial charge on any atom is 0.136 e. The van der Waals surface area contributed by atoms with Crippen molar-refractivity contribution in [3.63, 3.8) is 0 Å². The monoisotopic (exact) mass is 880 g/mol. The second kappa shape index (κ2) is 16.9. The number of rotatable bonds is 9. The van der Waals surface area contributed by atoms with E-state index in [1.165, 1.54) is 44.1 Å². The van der Waals surface area contributed by atoms with E-state index >= 15 is 0 Å². The summed E-state index contributed by atoms with van der Waals surface area (Å²) in [6, 6.07) is 96.1. The van der Waals surface area contributed by atoms with E-state index in [1.807, 2.05) is 12.1 Å². The lowest BCUT2D eigenvalue weighted by Crippen LogP contribution is -2.10. The van der Waals surface area contributed by atoms with Gasteiger partial charge in [0, 0.05) is 44.3 Å². The Hall–Kier alpha value is -9.18. The first kappa shape index (κ1) is 40.1.